The Morgan fingerprint density at radius 3 is 2.72 bits per heavy atom. The summed E-state index contributed by atoms with van der Waals surface area (Å²) in [7, 11) is -2.90. The summed E-state index contributed by atoms with van der Waals surface area (Å²) in [6.45, 7) is 9.48. The van der Waals surface area contributed by atoms with Gasteiger partial charge in [-0.3, -0.25) is 4.90 Å². The predicted molar refractivity (Wildman–Crippen MR) is 76.7 cm³/mol. The van der Waals surface area contributed by atoms with Crippen molar-refractivity contribution < 1.29 is 8.42 Å². The van der Waals surface area contributed by atoms with Crippen molar-refractivity contribution in [3.63, 3.8) is 0 Å². The lowest BCUT2D eigenvalue weighted by atomic mass is 10.2. The number of nitrogens with one attached hydrogen (secondary N) is 1. The van der Waals surface area contributed by atoms with Crippen LogP contribution in [0, 0.1) is 0 Å². The second kappa shape index (κ2) is 7.46. The first-order valence-electron chi connectivity index (χ1n) is 7.13. The van der Waals surface area contributed by atoms with Gasteiger partial charge in [-0.2, -0.15) is 0 Å². The van der Waals surface area contributed by atoms with Gasteiger partial charge in [0.15, 0.2) is 9.84 Å². The summed E-state index contributed by atoms with van der Waals surface area (Å²) < 4.78 is 23.6. The summed E-state index contributed by atoms with van der Waals surface area (Å²) >= 11 is 0. The zero-order valence-corrected chi connectivity index (χ0v) is 12.8. The van der Waals surface area contributed by atoms with Gasteiger partial charge in [0.2, 0.25) is 0 Å². The van der Waals surface area contributed by atoms with Gasteiger partial charge in [-0.25, -0.2) is 8.42 Å². The number of rotatable bonds is 8. The van der Waals surface area contributed by atoms with Crippen molar-refractivity contribution in [2.75, 3.05) is 31.9 Å². The average molecular weight is 276 g/mol. The van der Waals surface area contributed by atoms with Crippen LogP contribution in [0.1, 0.15) is 40.0 Å². The molecule has 0 amide bonds. The van der Waals surface area contributed by atoms with Crippen LogP contribution >= 0.6 is 0 Å². The van der Waals surface area contributed by atoms with Gasteiger partial charge in [0.25, 0.3) is 0 Å². The van der Waals surface area contributed by atoms with E-state index in [-0.39, 0.29) is 5.25 Å². The van der Waals surface area contributed by atoms with E-state index in [1.807, 2.05) is 0 Å². The number of hydrogen-bond donors (Lipinski definition) is 1. The molecule has 1 heterocycles. The zero-order valence-electron chi connectivity index (χ0n) is 12.0. The third kappa shape index (κ3) is 4.86. The summed E-state index contributed by atoms with van der Waals surface area (Å²) in [6, 6.07) is 0.527. The SMILES string of the molecule is CCCNCC1CCCN1CCS(=O)(=O)C(C)C. The second-order valence-corrected chi connectivity index (χ2v) is 8.13. The van der Waals surface area contributed by atoms with Crippen LogP contribution in [0.25, 0.3) is 0 Å². The van der Waals surface area contributed by atoms with Crippen molar-refractivity contribution in [1.29, 1.82) is 0 Å². The summed E-state index contributed by atoms with van der Waals surface area (Å²) in [6.07, 6.45) is 3.53. The monoisotopic (exact) mass is 276 g/mol. The topological polar surface area (TPSA) is 49.4 Å². The van der Waals surface area contributed by atoms with Gasteiger partial charge < -0.3 is 5.32 Å². The summed E-state index contributed by atoms with van der Waals surface area (Å²) in [5, 5.41) is 3.18. The van der Waals surface area contributed by atoms with Crippen LogP contribution in [-0.2, 0) is 9.84 Å². The van der Waals surface area contributed by atoms with E-state index in [1.165, 1.54) is 12.8 Å². The van der Waals surface area contributed by atoms with Gasteiger partial charge in [-0.1, -0.05) is 6.92 Å². The first-order valence-corrected chi connectivity index (χ1v) is 8.85. The van der Waals surface area contributed by atoms with Crippen LogP contribution in [0.3, 0.4) is 0 Å². The Morgan fingerprint density at radius 2 is 2.11 bits per heavy atom. The van der Waals surface area contributed by atoms with Crippen LogP contribution in [0.2, 0.25) is 0 Å². The number of likely N-dealkylation sites (tertiary alicyclic amines) is 1. The van der Waals surface area contributed by atoms with Gasteiger partial charge in [0, 0.05) is 19.1 Å². The Morgan fingerprint density at radius 1 is 1.39 bits per heavy atom. The highest BCUT2D eigenvalue weighted by Crippen LogP contribution is 2.16. The van der Waals surface area contributed by atoms with Gasteiger partial charge >= 0.3 is 0 Å². The highest BCUT2D eigenvalue weighted by molar-refractivity contribution is 7.92. The van der Waals surface area contributed by atoms with Gasteiger partial charge in [0.05, 0.1) is 11.0 Å². The van der Waals surface area contributed by atoms with E-state index in [4.69, 9.17) is 0 Å². The normalized spacial score (nSPS) is 21.9. The maximum atomic E-state index is 11.8. The minimum absolute atomic E-state index is 0.253. The lowest BCUT2D eigenvalue weighted by Crippen LogP contribution is -2.41. The van der Waals surface area contributed by atoms with Crippen LogP contribution < -0.4 is 5.32 Å². The first-order chi connectivity index (χ1) is 8.47. The standard InChI is InChI=1S/C13H28N2O2S/c1-4-7-14-11-13-6-5-8-15(13)9-10-18(16,17)12(2)3/h12-14H,4-11H2,1-3H3. The Balaban J connectivity index is 2.36. The molecule has 1 aliphatic heterocycles. The molecule has 1 N–H and O–H groups in total. The highest BCUT2D eigenvalue weighted by Gasteiger charge is 2.26. The fraction of sp³-hybridized carbons (Fsp3) is 1.00. The van der Waals surface area contributed by atoms with Crippen molar-refractivity contribution in [2.24, 2.45) is 0 Å². The molecule has 5 heteroatoms. The molecule has 4 nitrogen and oxygen atoms in total. The molecule has 1 rings (SSSR count). The van der Waals surface area contributed by atoms with Crippen LogP contribution in [0.5, 0.6) is 0 Å². The molecule has 0 aliphatic carbocycles. The van der Waals surface area contributed by atoms with Crippen molar-refractivity contribution in [3.05, 3.63) is 0 Å². The minimum atomic E-state index is -2.90. The molecule has 1 aliphatic rings. The molecule has 18 heavy (non-hydrogen) atoms. The lowest BCUT2D eigenvalue weighted by molar-refractivity contribution is 0.261. The molecule has 0 aromatic rings. The van der Waals surface area contributed by atoms with Crippen molar-refractivity contribution >= 4 is 9.84 Å². The molecule has 0 aromatic heterocycles. The van der Waals surface area contributed by atoms with Crippen LogP contribution in [-0.4, -0.2) is 56.5 Å². The van der Waals surface area contributed by atoms with Gasteiger partial charge in [-0.05, 0) is 46.2 Å². The molecule has 108 valence electrons. The molecule has 1 unspecified atom stereocenters. The van der Waals surface area contributed by atoms with Crippen molar-refractivity contribution in [1.82, 2.24) is 10.2 Å². The lowest BCUT2D eigenvalue weighted by Gasteiger charge is -2.25. The molecule has 1 saturated heterocycles. The third-order valence-electron chi connectivity index (χ3n) is 3.69. The molecular weight excluding hydrogens is 248 g/mol. The van der Waals surface area contributed by atoms with Crippen LogP contribution in [0.4, 0.5) is 0 Å². The molecule has 0 spiro atoms. The predicted octanol–water partition coefficient (Wildman–Crippen LogP) is 1.27. The zero-order chi connectivity index (χ0) is 13.6. The highest BCUT2D eigenvalue weighted by atomic mass is 32.2. The summed E-state index contributed by atoms with van der Waals surface area (Å²) in [4.78, 5) is 2.34. The molecular formula is C13H28N2O2S. The summed E-state index contributed by atoms with van der Waals surface area (Å²) in [5.74, 6) is 0.301. The maximum absolute atomic E-state index is 11.8. The first kappa shape index (κ1) is 15.9. The molecule has 0 radical (unpaired) electrons. The van der Waals surface area contributed by atoms with E-state index in [1.54, 1.807) is 13.8 Å². The molecule has 0 aromatic carbocycles. The van der Waals surface area contributed by atoms with E-state index in [9.17, 15) is 8.42 Å². The fourth-order valence-corrected chi connectivity index (χ4v) is 3.31. The largest absolute Gasteiger partial charge is 0.315 e. The Labute approximate surface area is 112 Å². The van der Waals surface area contributed by atoms with E-state index >= 15 is 0 Å². The molecule has 0 saturated carbocycles. The average Bonchev–Trinajstić information content (AvgIpc) is 2.74. The molecule has 1 atom stereocenters. The van der Waals surface area contributed by atoms with Gasteiger partial charge in [-0.15, -0.1) is 0 Å². The number of hydrogen-bond acceptors (Lipinski definition) is 4. The van der Waals surface area contributed by atoms with E-state index in [0.717, 1.165) is 26.1 Å². The minimum Gasteiger partial charge on any atom is -0.315 e. The van der Waals surface area contributed by atoms with Crippen LogP contribution in [0.15, 0.2) is 0 Å². The summed E-state index contributed by atoms with van der Waals surface area (Å²) in [5.41, 5.74) is 0. The molecule has 0 bridgehead atoms. The van der Waals surface area contributed by atoms with Gasteiger partial charge in [0.1, 0.15) is 0 Å². The smallest absolute Gasteiger partial charge is 0.153 e. The molecule has 1 fully saturated rings. The fourth-order valence-electron chi connectivity index (χ4n) is 2.35. The quantitative estimate of drug-likeness (QED) is 0.678. The van der Waals surface area contributed by atoms with E-state index in [2.05, 4.69) is 17.1 Å². The second-order valence-electron chi connectivity index (χ2n) is 5.45. The Kier molecular flexibility index (Phi) is 6.60. The van der Waals surface area contributed by atoms with E-state index < -0.39 is 9.84 Å². The van der Waals surface area contributed by atoms with Crippen molar-refractivity contribution in [2.45, 2.75) is 51.3 Å². The van der Waals surface area contributed by atoms with Crippen molar-refractivity contribution in [3.8, 4) is 0 Å². The van der Waals surface area contributed by atoms with E-state index in [0.29, 0.717) is 18.3 Å². The Bertz CT molecular complexity index is 328. The maximum Gasteiger partial charge on any atom is 0.153 e. The number of sulfone groups is 1. The number of nitrogens with zero attached hydrogens (tertiary/aromatic N) is 1. The Hall–Kier alpha value is -0.130. The third-order valence-corrected chi connectivity index (χ3v) is 5.88.